The van der Waals surface area contributed by atoms with Crippen LogP contribution in [0.2, 0.25) is 0 Å². The predicted molar refractivity (Wildman–Crippen MR) is 103 cm³/mol. The molecule has 26 heavy (non-hydrogen) atoms. The van der Waals surface area contributed by atoms with Gasteiger partial charge in [0, 0.05) is 12.1 Å². The maximum atomic E-state index is 6.15. The minimum absolute atomic E-state index is 0.536. The highest BCUT2D eigenvalue weighted by Gasteiger charge is 2.10. The molecule has 1 heterocycles. The molecule has 0 atom stereocenters. The fourth-order valence-electron chi connectivity index (χ4n) is 2.94. The minimum atomic E-state index is 0.536. The van der Waals surface area contributed by atoms with Crippen molar-refractivity contribution in [1.29, 1.82) is 0 Å². The molecule has 0 saturated heterocycles. The van der Waals surface area contributed by atoms with Crippen LogP contribution in [0.3, 0.4) is 0 Å². The molecule has 130 valence electrons. The smallest absolute Gasteiger partial charge is 0.218 e. The van der Waals surface area contributed by atoms with Gasteiger partial charge in [-0.3, -0.25) is 0 Å². The third-order valence-corrected chi connectivity index (χ3v) is 4.36. The number of H-pyrrole nitrogens is 1. The number of aromatic nitrogens is 3. The third kappa shape index (κ3) is 3.52. The van der Waals surface area contributed by atoms with Crippen LogP contribution in [0.5, 0.6) is 5.75 Å². The molecule has 5 nitrogen and oxygen atoms in total. The van der Waals surface area contributed by atoms with E-state index in [-0.39, 0.29) is 0 Å². The van der Waals surface area contributed by atoms with Gasteiger partial charge in [-0.15, -0.1) is 0 Å². The van der Waals surface area contributed by atoms with Gasteiger partial charge in [-0.05, 0) is 29.3 Å². The van der Waals surface area contributed by atoms with Crippen LogP contribution in [0.4, 0.5) is 5.95 Å². The Bertz CT molecular complexity index is 994. The number of fused-ring (bicyclic) bond motifs is 1. The van der Waals surface area contributed by atoms with Crippen molar-refractivity contribution >= 4 is 16.7 Å². The lowest BCUT2D eigenvalue weighted by molar-refractivity contribution is 0.304. The SMILES string of the molecule is Cc1ccc(COc2ccc3ccccc3c2CNc2ncn[nH]2)cc1. The number of nitrogens with one attached hydrogen (secondary N) is 2. The minimum Gasteiger partial charge on any atom is -0.489 e. The molecule has 0 spiro atoms. The Labute approximate surface area is 152 Å². The highest BCUT2D eigenvalue weighted by molar-refractivity contribution is 5.88. The van der Waals surface area contributed by atoms with Crippen LogP contribution < -0.4 is 10.1 Å². The van der Waals surface area contributed by atoms with Gasteiger partial charge in [-0.2, -0.15) is 5.10 Å². The first-order valence-electron chi connectivity index (χ1n) is 8.58. The number of aromatic amines is 1. The van der Waals surface area contributed by atoms with Crippen LogP contribution in [0.1, 0.15) is 16.7 Å². The molecular formula is C21H20N4O. The molecule has 0 aliphatic heterocycles. The fourth-order valence-corrected chi connectivity index (χ4v) is 2.94. The van der Waals surface area contributed by atoms with Crippen LogP contribution in [-0.2, 0) is 13.2 Å². The van der Waals surface area contributed by atoms with Crippen LogP contribution in [0, 0.1) is 6.92 Å². The predicted octanol–water partition coefficient (Wildman–Crippen LogP) is 4.46. The number of nitrogens with zero attached hydrogens (tertiary/aromatic N) is 2. The number of hydrogen-bond acceptors (Lipinski definition) is 4. The van der Waals surface area contributed by atoms with Gasteiger partial charge >= 0.3 is 0 Å². The highest BCUT2D eigenvalue weighted by atomic mass is 16.5. The summed E-state index contributed by atoms with van der Waals surface area (Å²) in [4.78, 5) is 4.12. The molecule has 2 N–H and O–H groups in total. The molecule has 1 aromatic heterocycles. The molecule has 0 aliphatic carbocycles. The van der Waals surface area contributed by atoms with Crippen molar-refractivity contribution in [3.8, 4) is 5.75 Å². The number of aryl methyl sites for hydroxylation is 1. The summed E-state index contributed by atoms with van der Waals surface area (Å²) in [6, 6.07) is 20.9. The average molecular weight is 344 g/mol. The van der Waals surface area contributed by atoms with E-state index in [9.17, 15) is 0 Å². The van der Waals surface area contributed by atoms with E-state index in [2.05, 4.69) is 69.9 Å². The van der Waals surface area contributed by atoms with Crippen molar-refractivity contribution in [3.05, 3.63) is 83.7 Å². The lowest BCUT2D eigenvalue weighted by Gasteiger charge is -2.15. The molecule has 0 radical (unpaired) electrons. The standard InChI is InChI=1S/C21H20N4O/c1-15-6-8-16(9-7-15)13-26-20-11-10-17-4-2-3-5-18(17)19(20)12-22-21-23-14-24-25-21/h2-11,14H,12-13H2,1H3,(H2,22,23,24,25). The Balaban J connectivity index is 1.61. The Kier molecular flexibility index (Phi) is 4.51. The van der Waals surface area contributed by atoms with Crippen LogP contribution in [0.25, 0.3) is 10.8 Å². The van der Waals surface area contributed by atoms with Gasteiger partial charge in [0.05, 0.1) is 0 Å². The molecule has 0 aliphatic rings. The third-order valence-electron chi connectivity index (χ3n) is 4.36. The van der Waals surface area contributed by atoms with Gasteiger partial charge in [-0.25, -0.2) is 10.1 Å². The highest BCUT2D eigenvalue weighted by Crippen LogP contribution is 2.29. The zero-order valence-corrected chi connectivity index (χ0v) is 14.6. The molecular weight excluding hydrogens is 324 g/mol. The van der Waals surface area contributed by atoms with E-state index < -0.39 is 0 Å². The van der Waals surface area contributed by atoms with E-state index in [0.29, 0.717) is 19.1 Å². The monoisotopic (exact) mass is 344 g/mol. The summed E-state index contributed by atoms with van der Waals surface area (Å²) in [6.07, 6.45) is 1.49. The second-order valence-corrected chi connectivity index (χ2v) is 6.23. The molecule has 5 heteroatoms. The van der Waals surface area contributed by atoms with Gasteiger partial charge in [-0.1, -0.05) is 60.2 Å². The van der Waals surface area contributed by atoms with Crippen LogP contribution in [-0.4, -0.2) is 15.2 Å². The van der Waals surface area contributed by atoms with E-state index in [1.54, 1.807) is 0 Å². The zero-order valence-electron chi connectivity index (χ0n) is 14.6. The van der Waals surface area contributed by atoms with Crippen molar-refractivity contribution in [2.75, 3.05) is 5.32 Å². The molecule has 0 fully saturated rings. The van der Waals surface area contributed by atoms with Gasteiger partial charge in [0.15, 0.2) is 0 Å². The maximum Gasteiger partial charge on any atom is 0.218 e. The first kappa shape index (κ1) is 16.1. The lowest BCUT2D eigenvalue weighted by Crippen LogP contribution is -2.05. The summed E-state index contributed by atoms with van der Waals surface area (Å²) in [5.74, 6) is 1.51. The van der Waals surface area contributed by atoms with E-state index in [1.807, 2.05) is 18.2 Å². The molecule has 0 amide bonds. The van der Waals surface area contributed by atoms with E-state index in [4.69, 9.17) is 4.74 Å². The second-order valence-electron chi connectivity index (χ2n) is 6.23. The molecule has 4 aromatic rings. The fraction of sp³-hybridized carbons (Fsp3) is 0.143. The second kappa shape index (κ2) is 7.27. The first-order chi connectivity index (χ1) is 12.8. The summed E-state index contributed by atoms with van der Waals surface area (Å²) >= 11 is 0. The summed E-state index contributed by atoms with van der Waals surface area (Å²) in [6.45, 7) is 3.22. The Morgan fingerprint density at radius 1 is 1.00 bits per heavy atom. The first-order valence-corrected chi connectivity index (χ1v) is 8.58. The van der Waals surface area contributed by atoms with Gasteiger partial charge in [0.2, 0.25) is 5.95 Å². The van der Waals surface area contributed by atoms with Crippen molar-refractivity contribution in [2.45, 2.75) is 20.1 Å². The molecule has 0 unspecified atom stereocenters. The number of ether oxygens (including phenoxy) is 1. The Morgan fingerprint density at radius 3 is 2.65 bits per heavy atom. The molecule has 0 saturated carbocycles. The van der Waals surface area contributed by atoms with Gasteiger partial charge in [0.1, 0.15) is 18.7 Å². The van der Waals surface area contributed by atoms with Crippen LogP contribution >= 0.6 is 0 Å². The number of anilines is 1. The number of hydrogen-bond donors (Lipinski definition) is 2. The Hall–Kier alpha value is -3.34. The molecule has 0 bridgehead atoms. The van der Waals surface area contributed by atoms with Crippen molar-refractivity contribution in [3.63, 3.8) is 0 Å². The van der Waals surface area contributed by atoms with E-state index in [1.165, 1.54) is 22.7 Å². The van der Waals surface area contributed by atoms with E-state index >= 15 is 0 Å². The normalized spacial score (nSPS) is 10.8. The number of rotatable bonds is 6. The maximum absolute atomic E-state index is 6.15. The van der Waals surface area contributed by atoms with Crippen LogP contribution in [0.15, 0.2) is 67.0 Å². The Morgan fingerprint density at radius 2 is 1.85 bits per heavy atom. The summed E-state index contributed by atoms with van der Waals surface area (Å²) in [5, 5.41) is 12.3. The van der Waals surface area contributed by atoms with Crippen molar-refractivity contribution < 1.29 is 4.74 Å². The largest absolute Gasteiger partial charge is 0.489 e. The summed E-state index contributed by atoms with van der Waals surface area (Å²) in [5.41, 5.74) is 3.50. The lowest BCUT2D eigenvalue weighted by atomic mass is 10.0. The topological polar surface area (TPSA) is 62.8 Å². The van der Waals surface area contributed by atoms with Crippen molar-refractivity contribution in [1.82, 2.24) is 15.2 Å². The average Bonchev–Trinajstić information content (AvgIpc) is 3.19. The van der Waals surface area contributed by atoms with Gasteiger partial charge < -0.3 is 10.1 Å². The molecule has 3 aromatic carbocycles. The summed E-state index contributed by atoms with van der Waals surface area (Å²) in [7, 11) is 0. The number of benzene rings is 3. The molecule has 4 rings (SSSR count). The quantitative estimate of drug-likeness (QED) is 0.542. The van der Waals surface area contributed by atoms with E-state index in [0.717, 1.165) is 16.9 Å². The van der Waals surface area contributed by atoms with Crippen molar-refractivity contribution in [2.24, 2.45) is 0 Å². The summed E-state index contributed by atoms with van der Waals surface area (Å²) < 4.78 is 6.15. The zero-order chi connectivity index (χ0) is 17.8. The van der Waals surface area contributed by atoms with Gasteiger partial charge in [0.25, 0.3) is 0 Å².